The fraction of sp³-hybridized carbons (Fsp3) is 0.154. The SMILES string of the molecule is C=C/C=C(/c1ccc(F)s1)c1nc(-c2n[nH]c3cnc(-c4cncc(NC(C)C)c4)cc23)[nH]c1C. The van der Waals surface area contributed by atoms with Crippen LogP contribution in [0.5, 0.6) is 0 Å². The number of aryl methyl sites for hydroxylation is 1. The number of nitrogens with zero attached hydrogens (tertiary/aromatic N) is 4. The highest BCUT2D eigenvalue weighted by Crippen LogP contribution is 2.33. The van der Waals surface area contributed by atoms with Crippen molar-refractivity contribution in [3.8, 4) is 22.8 Å². The molecule has 0 unspecified atom stereocenters. The molecule has 0 atom stereocenters. The van der Waals surface area contributed by atoms with Crippen LogP contribution in [0.25, 0.3) is 39.3 Å². The van der Waals surface area contributed by atoms with Gasteiger partial charge in [-0.25, -0.2) is 4.98 Å². The van der Waals surface area contributed by atoms with Gasteiger partial charge in [0.15, 0.2) is 11.0 Å². The van der Waals surface area contributed by atoms with Gasteiger partial charge in [0.05, 0.1) is 28.8 Å². The van der Waals surface area contributed by atoms with Gasteiger partial charge < -0.3 is 10.3 Å². The summed E-state index contributed by atoms with van der Waals surface area (Å²) in [7, 11) is 0. The molecule has 5 rings (SSSR count). The molecule has 0 saturated heterocycles. The number of aromatic amines is 2. The van der Waals surface area contributed by atoms with Crippen molar-refractivity contribution in [1.29, 1.82) is 0 Å². The second-order valence-electron chi connectivity index (χ2n) is 8.43. The van der Waals surface area contributed by atoms with Crippen molar-refractivity contribution in [2.24, 2.45) is 0 Å². The topological polar surface area (TPSA) is 95.2 Å². The predicted molar refractivity (Wildman–Crippen MR) is 140 cm³/mol. The van der Waals surface area contributed by atoms with E-state index in [9.17, 15) is 4.39 Å². The molecule has 35 heavy (non-hydrogen) atoms. The fourth-order valence-corrected chi connectivity index (χ4v) is 4.69. The number of pyridine rings is 2. The molecule has 0 saturated carbocycles. The molecule has 0 bridgehead atoms. The maximum atomic E-state index is 13.7. The zero-order valence-corrected chi connectivity index (χ0v) is 20.4. The number of aromatic nitrogens is 6. The Bertz CT molecular complexity index is 1560. The number of thiophene rings is 1. The molecule has 5 aromatic heterocycles. The summed E-state index contributed by atoms with van der Waals surface area (Å²) in [6, 6.07) is 7.52. The third-order valence-electron chi connectivity index (χ3n) is 5.42. The first-order valence-electron chi connectivity index (χ1n) is 11.1. The fourth-order valence-electron chi connectivity index (χ4n) is 3.94. The van der Waals surface area contributed by atoms with Crippen LogP contribution in [0.1, 0.15) is 30.1 Å². The van der Waals surface area contributed by atoms with E-state index in [2.05, 4.69) is 50.9 Å². The number of nitrogens with one attached hydrogen (secondary N) is 3. The molecule has 7 nitrogen and oxygen atoms in total. The molecule has 5 aromatic rings. The Morgan fingerprint density at radius 3 is 2.80 bits per heavy atom. The van der Waals surface area contributed by atoms with Crippen molar-refractivity contribution >= 4 is 33.5 Å². The molecule has 0 aliphatic rings. The maximum absolute atomic E-state index is 13.7. The normalized spacial score (nSPS) is 12.0. The maximum Gasteiger partial charge on any atom is 0.176 e. The summed E-state index contributed by atoms with van der Waals surface area (Å²) in [5.41, 5.74) is 6.47. The summed E-state index contributed by atoms with van der Waals surface area (Å²) in [5.74, 6) is 0.612. The number of fused-ring (bicyclic) bond motifs is 1. The first-order valence-corrected chi connectivity index (χ1v) is 12.0. The summed E-state index contributed by atoms with van der Waals surface area (Å²) >= 11 is 1.08. The Balaban J connectivity index is 1.56. The van der Waals surface area contributed by atoms with E-state index in [4.69, 9.17) is 4.98 Å². The number of hydrogen-bond donors (Lipinski definition) is 3. The van der Waals surface area contributed by atoms with Gasteiger partial charge in [-0.1, -0.05) is 18.7 Å². The van der Waals surface area contributed by atoms with Crippen LogP contribution in [-0.4, -0.2) is 36.2 Å². The Morgan fingerprint density at radius 1 is 1.20 bits per heavy atom. The molecule has 0 spiro atoms. The van der Waals surface area contributed by atoms with Crippen LogP contribution in [0, 0.1) is 12.1 Å². The van der Waals surface area contributed by atoms with E-state index in [1.807, 2.05) is 25.1 Å². The van der Waals surface area contributed by atoms with E-state index in [0.29, 0.717) is 17.6 Å². The minimum atomic E-state index is -0.246. The van der Waals surface area contributed by atoms with Gasteiger partial charge in [-0.15, -0.1) is 11.3 Å². The highest BCUT2D eigenvalue weighted by molar-refractivity contribution is 7.11. The lowest BCUT2D eigenvalue weighted by Crippen LogP contribution is -2.09. The number of H-pyrrole nitrogens is 2. The smallest absolute Gasteiger partial charge is 0.176 e. The van der Waals surface area contributed by atoms with Crippen LogP contribution < -0.4 is 5.32 Å². The van der Waals surface area contributed by atoms with Crippen molar-refractivity contribution in [2.75, 3.05) is 5.32 Å². The van der Waals surface area contributed by atoms with E-state index in [1.54, 1.807) is 30.7 Å². The zero-order chi connectivity index (χ0) is 24.5. The monoisotopic (exact) mass is 485 g/mol. The number of rotatable bonds is 7. The molecule has 0 amide bonds. The average molecular weight is 486 g/mol. The van der Waals surface area contributed by atoms with Crippen molar-refractivity contribution in [1.82, 2.24) is 30.1 Å². The van der Waals surface area contributed by atoms with Crippen molar-refractivity contribution in [2.45, 2.75) is 26.8 Å². The standard InChI is InChI=1S/C26H24FN7S/c1-5-6-18(22-7-8-23(27)35-22)24-15(4)31-26(32-24)25-19-10-20(29-13-21(19)33-34-25)16-9-17(12-28-11-16)30-14(2)3/h5-14,30H,1H2,2-4H3,(H,31,32)(H,33,34)/b18-6-. The molecule has 9 heteroatoms. The van der Waals surface area contributed by atoms with Gasteiger partial charge in [0.1, 0.15) is 5.69 Å². The first kappa shape index (κ1) is 22.7. The van der Waals surface area contributed by atoms with Crippen LogP contribution in [0.15, 0.2) is 61.6 Å². The van der Waals surface area contributed by atoms with Crippen LogP contribution in [0.2, 0.25) is 0 Å². The Hall–Kier alpha value is -4.11. The molecule has 0 aromatic carbocycles. The van der Waals surface area contributed by atoms with E-state index in [1.165, 1.54) is 6.07 Å². The molecule has 0 aliphatic heterocycles. The van der Waals surface area contributed by atoms with Gasteiger partial charge in [-0.2, -0.15) is 9.49 Å². The van der Waals surface area contributed by atoms with Crippen LogP contribution in [0.4, 0.5) is 10.1 Å². The van der Waals surface area contributed by atoms with Crippen LogP contribution in [0.3, 0.4) is 0 Å². The molecular weight excluding hydrogens is 461 g/mol. The van der Waals surface area contributed by atoms with Gasteiger partial charge in [-0.3, -0.25) is 15.1 Å². The Morgan fingerprint density at radius 2 is 2.06 bits per heavy atom. The highest BCUT2D eigenvalue weighted by atomic mass is 32.1. The minimum absolute atomic E-state index is 0.246. The number of anilines is 1. The summed E-state index contributed by atoms with van der Waals surface area (Å²) in [4.78, 5) is 17.9. The van der Waals surface area contributed by atoms with Crippen LogP contribution >= 0.6 is 11.3 Å². The quantitative estimate of drug-likeness (QED) is 0.233. The molecular formula is C26H24FN7S. The van der Waals surface area contributed by atoms with Gasteiger partial charge in [0.2, 0.25) is 0 Å². The molecule has 176 valence electrons. The third-order valence-corrected chi connectivity index (χ3v) is 6.33. The molecule has 0 fully saturated rings. The summed E-state index contributed by atoms with van der Waals surface area (Å²) < 4.78 is 13.7. The second-order valence-corrected chi connectivity index (χ2v) is 9.46. The lowest BCUT2D eigenvalue weighted by atomic mass is 10.1. The molecule has 5 heterocycles. The van der Waals surface area contributed by atoms with Gasteiger partial charge in [0.25, 0.3) is 0 Å². The minimum Gasteiger partial charge on any atom is -0.382 e. The summed E-state index contributed by atoms with van der Waals surface area (Å²) in [6.07, 6.45) is 8.87. The summed E-state index contributed by atoms with van der Waals surface area (Å²) in [5, 5.41) is 11.6. The van der Waals surface area contributed by atoms with Gasteiger partial charge in [0, 0.05) is 45.5 Å². The zero-order valence-electron chi connectivity index (χ0n) is 19.6. The van der Waals surface area contributed by atoms with Crippen LogP contribution in [-0.2, 0) is 0 Å². The van der Waals surface area contributed by atoms with Crippen molar-refractivity contribution in [3.63, 3.8) is 0 Å². The Labute approximate surface area is 205 Å². The molecule has 0 aliphatic carbocycles. The molecule has 3 N–H and O–H groups in total. The largest absolute Gasteiger partial charge is 0.382 e. The first-order chi connectivity index (χ1) is 16.9. The predicted octanol–water partition coefficient (Wildman–Crippen LogP) is 6.36. The lowest BCUT2D eigenvalue weighted by molar-refractivity contribution is 0.657. The van der Waals surface area contributed by atoms with E-state index in [0.717, 1.165) is 61.0 Å². The number of hydrogen-bond acceptors (Lipinski definition) is 6. The number of allylic oxidation sites excluding steroid dienone is 2. The van der Waals surface area contributed by atoms with E-state index in [-0.39, 0.29) is 5.13 Å². The van der Waals surface area contributed by atoms with Gasteiger partial charge >= 0.3 is 0 Å². The van der Waals surface area contributed by atoms with Crippen molar-refractivity contribution in [3.05, 3.63) is 83.0 Å². The van der Waals surface area contributed by atoms with Crippen molar-refractivity contribution < 1.29 is 4.39 Å². The van der Waals surface area contributed by atoms with E-state index >= 15 is 0 Å². The third kappa shape index (κ3) is 4.50. The number of halogens is 1. The number of imidazole rings is 1. The second kappa shape index (κ2) is 9.27. The lowest BCUT2D eigenvalue weighted by Gasteiger charge is -2.10. The average Bonchev–Trinajstić information content (AvgIpc) is 3.55. The Kier molecular flexibility index (Phi) is 6.00. The summed E-state index contributed by atoms with van der Waals surface area (Å²) in [6.45, 7) is 9.91. The van der Waals surface area contributed by atoms with Gasteiger partial charge in [-0.05, 0) is 45.0 Å². The van der Waals surface area contributed by atoms with E-state index < -0.39 is 0 Å². The highest BCUT2D eigenvalue weighted by Gasteiger charge is 2.19. The molecule has 0 radical (unpaired) electrons.